The van der Waals surface area contributed by atoms with Crippen LogP contribution in [-0.2, 0) is 16.5 Å². The van der Waals surface area contributed by atoms with Crippen molar-refractivity contribution in [3.63, 3.8) is 0 Å². The molecule has 0 nitrogen and oxygen atoms in total. The molecule has 0 fully saturated rings. The fourth-order valence-electron chi connectivity index (χ4n) is 1.03. The molecule has 96 valence electrons. The van der Waals surface area contributed by atoms with Gasteiger partial charge in [-0.25, -0.2) is 11.8 Å². The van der Waals surface area contributed by atoms with Crippen molar-refractivity contribution < 1.29 is 16.5 Å². The van der Waals surface area contributed by atoms with Gasteiger partial charge in [0.1, 0.15) is 0 Å². The molecule has 2 aromatic carbocycles. The van der Waals surface area contributed by atoms with E-state index in [0.29, 0.717) is 11.8 Å². The van der Waals surface area contributed by atoms with Gasteiger partial charge in [0.15, 0.2) is 0 Å². The van der Waals surface area contributed by atoms with Crippen LogP contribution in [0.15, 0.2) is 0 Å². The summed E-state index contributed by atoms with van der Waals surface area (Å²) in [7, 11) is 0. The quantitative estimate of drug-likeness (QED) is 0.576. The Labute approximate surface area is 116 Å². The van der Waals surface area contributed by atoms with E-state index in [2.05, 4.69) is 76.2 Å². The number of hydrogen-bond donors (Lipinski definition) is 0. The van der Waals surface area contributed by atoms with Gasteiger partial charge in [-0.15, -0.1) is 0 Å². The third-order valence-electron chi connectivity index (χ3n) is 2.07. The Morgan fingerprint density at radius 1 is 0.588 bits per heavy atom. The molecule has 0 atom stereocenters. The largest absolute Gasteiger partial charge is 2.00 e. The van der Waals surface area contributed by atoms with E-state index in [4.69, 9.17) is 0 Å². The summed E-state index contributed by atoms with van der Waals surface area (Å²) in [6.07, 6.45) is 0. The first kappa shape index (κ1) is 16.2. The molecule has 1 heteroatoms. The van der Waals surface area contributed by atoms with Crippen molar-refractivity contribution in [3.8, 4) is 0 Å². The summed E-state index contributed by atoms with van der Waals surface area (Å²) in [6.45, 7) is 8.40. The summed E-state index contributed by atoms with van der Waals surface area (Å²) in [5.74, 6) is 1.02. The average molecular weight is 265 g/mol. The predicted octanol–water partition coefficient (Wildman–Crippen LogP) is 3.46. The van der Waals surface area contributed by atoms with Crippen LogP contribution in [0.1, 0.15) is 50.7 Å². The van der Waals surface area contributed by atoms with Crippen molar-refractivity contribution in [1.29, 1.82) is 0 Å². The average Bonchev–Trinajstić information content (AvgIpc) is 2.93. The number of hydrogen-bond acceptors (Lipinski definition) is 0. The van der Waals surface area contributed by atoms with E-state index in [9.17, 15) is 0 Å². The molecule has 0 bridgehead atoms. The Kier molecular flexibility index (Phi) is 7.91. The Morgan fingerprint density at radius 2 is 0.824 bits per heavy atom. The van der Waals surface area contributed by atoms with Gasteiger partial charge in [0.25, 0.3) is 0 Å². The monoisotopic (exact) mass is 264 g/mol. The second-order valence-corrected chi connectivity index (χ2v) is 4.14. The van der Waals surface area contributed by atoms with Gasteiger partial charge in [0, 0.05) is 0 Å². The van der Waals surface area contributed by atoms with Crippen LogP contribution in [0.5, 0.6) is 0 Å². The maximum atomic E-state index is 2.90. The van der Waals surface area contributed by atoms with Gasteiger partial charge in [-0.3, -0.25) is 0 Å². The standard InChI is InChI=1S/2C8H7.Ni/c2*1-7(2)8-5-3-4-6-8;/h2*7H,1-2H3;/q2*-5;+2. The molecular weight excluding hydrogens is 251 g/mol. The normalized spacial score (nSPS) is 9.76. The van der Waals surface area contributed by atoms with Crippen molar-refractivity contribution in [3.05, 3.63) is 59.7 Å². The van der Waals surface area contributed by atoms with Crippen LogP contribution < -0.4 is 0 Å². The van der Waals surface area contributed by atoms with Gasteiger partial charge in [-0.05, 0) is 0 Å². The fraction of sp³-hybridized carbons (Fsp3) is 0.375. The molecule has 2 aromatic rings. The summed E-state index contributed by atoms with van der Waals surface area (Å²) in [4.78, 5) is 0. The first-order chi connectivity index (χ1) is 7.61. The SMILES string of the molecule is CC(C)[c-]1[c-][c-][c-][c-]1.CC(C)[c-]1[c-][c-][c-][c-]1.[Ni+2]. The topological polar surface area (TPSA) is 0 Å². The van der Waals surface area contributed by atoms with E-state index in [1.54, 1.807) is 0 Å². The van der Waals surface area contributed by atoms with Crippen LogP contribution >= 0.6 is 0 Å². The van der Waals surface area contributed by atoms with E-state index in [1.807, 2.05) is 0 Å². The van der Waals surface area contributed by atoms with Crippen molar-refractivity contribution in [2.45, 2.75) is 39.5 Å². The van der Waals surface area contributed by atoms with Crippen LogP contribution in [0.2, 0.25) is 0 Å². The maximum Gasteiger partial charge on any atom is 2.00 e. The summed E-state index contributed by atoms with van der Waals surface area (Å²) < 4.78 is 0. The van der Waals surface area contributed by atoms with Gasteiger partial charge >= 0.3 is 16.5 Å². The molecule has 0 radical (unpaired) electrons. The Hall–Kier alpha value is -0.806. The molecule has 0 unspecified atom stereocenters. The van der Waals surface area contributed by atoms with Crippen molar-refractivity contribution in [2.75, 3.05) is 0 Å². The molecule has 0 N–H and O–H groups in total. The van der Waals surface area contributed by atoms with Gasteiger partial charge < -0.3 is 59.7 Å². The zero-order chi connectivity index (χ0) is 12.0. The Balaban J connectivity index is 0.000000284. The molecule has 0 aliphatic rings. The van der Waals surface area contributed by atoms with Crippen LogP contribution in [0.25, 0.3) is 0 Å². The molecule has 0 saturated carbocycles. The number of rotatable bonds is 2. The first-order valence-electron chi connectivity index (χ1n) is 5.39. The van der Waals surface area contributed by atoms with E-state index < -0.39 is 0 Å². The molecule has 17 heavy (non-hydrogen) atoms. The van der Waals surface area contributed by atoms with Crippen molar-refractivity contribution >= 4 is 0 Å². The predicted molar refractivity (Wildman–Crippen MR) is 62.9 cm³/mol. The van der Waals surface area contributed by atoms with Crippen LogP contribution in [0.4, 0.5) is 0 Å². The Bertz CT molecular complexity index is 314. The van der Waals surface area contributed by atoms with Gasteiger partial charge in [-0.1, -0.05) is 27.7 Å². The van der Waals surface area contributed by atoms with E-state index in [0.717, 1.165) is 11.1 Å². The summed E-state index contributed by atoms with van der Waals surface area (Å²) in [5, 5.41) is 0. The molecule has 0 amide bonds. The molecule has 2 rings (SSSR count). The molecule has 0 heterocycles. The van der Waals surface area contributed by atoms with Crippen LogP contribution in [0.3, 0.4) is 0 Å². The van der Waals surface area contributed by atoms with Gasteiger partial charge in [-0.2, -0.15) is 0 Å². The second kappa shape index (κ2) is 8.31. The maximum absolute atomic E-state index is 2.90. The van der Waals surface area contributed by atoms with Crippen molar-refractivity contribution in [1.82, 2.24) is 0 Å². The zero-order valence-corrected chi connectivity index (χ0v) is 11.5. The minimum Gasteiger partial charge on any atom is -0.998 e. The van der Waals surface area contributed by atoms with E-state index in [-0.39, 0.29) is 16.5 Å². The van der Waals surface area contributed by atoms with Crippen LogP contribution in [0, 0.1) is 48.5 Å². The summed E-state index contributed by atoms with van der Waals surface area (Å²) >= 11 is 0. The minimum atomic E-state index is 0. The van der Waals surface area contributed by atoms with Gasteiger partial charge in [0.2, 0.25) is 0 Å². The zero-order valence-electron chi connectivity index (χ0n) is 10.5. The third-order valence-corrected chi connectivity index (χ3v) is 2.07. The summed E-state index contributed by atoms with van der Waals surface area (Å²) in [6, 6.07) is 22.4. The smallest absolute Gasteiger partial charge is 0.998 e. The molecule has 0 saturated heterocycles. The molecule has 0 aliphatic heterocycles. The summed E-state index contributed by atoms with van der Waals surface area (Å²) in [5.41, 5.74) is 2.15. The van der Waals surface area contributed by atoms with E-state index in [1.165, 1.54) is 0 Å². The van der Waals surface area contributed by atoms with Crippen molar-refractivity contribution in [2.24, 2.45) is 0 Å². The van der Waals surface area contributed by atoms with E-state index >= 15 is 0 Å². The van der Waals surface area contributed by atoms with Gasteiger partial charge in [0.05, 0.1) is 0 Å². The molecule has 0 spiro atoms. The third kappa shape index (κ3) is 5.89. The first-order valence-corrected chi connectivity index (χ1v) is 5.39. The molecule has 0 aliphatic carbocycles. The Morgan fingerprint density at radius 3 is 0.941 bits per heavy atom. The molecular formula is C16H14Ni-8. The fourth-order valence-corrected chi connectivity index (χ4v) is 1.03. The minimum absolute atomic E-state index is 0. The van der Waals surface area contributed by atoms with Crippen LogP contribution in [-0.4, -0.2) is 0 Å². The molecule has 0 aromatic heterocycles. The second-order valence-electron chi connectivity index (χ2n) is 4.14.